The van der Waals surface area contributed by atoms with E-state index in [0.717, 1.165) is 6.07 Å². The van der Waals surface area contributed by atoms with Gasteiger partial charge in [-0.25, -0.2) is 4.98 Å². The highest BCUT2D eigenvalue weighted by Gasteiger charge is 2.24. The number of anilines is 1. The molecule has 1 aromatic rings. The normalized spacial score (nSPS) is 13.6. The molecule has 7 heteroatoms. The fourth-order valence-electron chi connectivity index (χ4n) is 2.02. The number of nitrogens with one attached hydrogen (secondary N) is 1. The summed E-state index contributed by atoms with van der Waals surface area (Å²) in [5, 5.41) is 32.6. The average molecular weight is 278 g/mol. The van der Waals surface area contributed by atoms with Crippen molar-refractivity contribution in [1.29, 1.82) is 5.26 Å². The van der Waals surface area contributed by atoms with Crippen LogP contribution in [0.25, 0.3) is 0 Å². The van der Waals surface area contributed by atoms with Gasteiger partial charge in [-0.3, -0.25) is 10.1 Å². The van der Waals surface area contributed by atoms with Gasteiger partial charge >= 0.3 is 5.69 Å². The molecule has 0 saturated carbocycles. The van der Waals surface area contributed by atoms with E-state index in [2.05, 4.69) is 10.3 Å². The van der Waals surface area contributed by atoms with Gasteiger partial charge in [0.15, 0.2) is 0 Å². The summed E-state index contributed by atoms with van der Waals surface area (Å²) in [4.78, 5) is 14.2. The Morgan fingerprint density at radius 3 is 2.80 bits per heavy atom. The van der Waals surface area contributed by atoms with Crippen molar-refractivity contribution in [3.8, 4) is 6.07 Å². The number of pyridine rings is 1. The molecular formula is C13H18N4O3. The summed E-state index contributed by atoms with van der Waals surface area (Å²) < 4.78 is 0. The number of hydrogen-bond acceptors (Lipinski definition) is 6. The summed E-state index contributed by atoms with van der Waals surface area (Å²) in [5.41, 5.74) is -1.14. The molecule has 20 heavy (non-hydrogen) atoms. The van der Waals surface area contributed by atoms with E-state index in [1.807, 2.05) is 13.8 Å². The van der Waals surface area contributed by atoms with E-state index in [9.17, 15) is 15.2 Å². The summed E-state index contributed by atoms with van der Waals surface area (Å²) in [7, 11) is 0. The second-order valence-electron chi connectivity index (χ2n) is 5.41. The predicted molar refractivity (Wildman–Crippen MR) is 74.2 cm³/mol. The van der Waals surface area contributed by atoms with E-state index in [1.165, 1.54) is 6.20 Å². The maximum absolute atomic E-state index is 10.9. The molecule has 0 fully saturated rings. The Balaban J connectivity index is 2.88. The zero-order valence-electron chi connectivity index (χ0n) is 11.8. The molecule has 1 rings (SSSR count). The largest absolute Gasteiger partial charge is 0.388 e. The molecule has 2 N–H and O–H groups in total. The van der Waals surface area contributed by atoms with E-state index in [-0.39, 0.29) is 23.6 Å². The van der Waals surface area contributed by atoms with Crippen molar-refractivity contribution in [2.45, 2.75) is 32.8 Å². The fraction of sp³-hybridized carbons (Fsp3) is 0.538. The van der Waals surface area contributed by atoms with E-state index >= 15 is 0 Å². The van der Waals surface area contributed by atoms with Crippen LogP contribution >= 0.6 is 0 Å². The molecule has 108 valence electrons. The van der Waals surface area contributed by atoms with Gasteiger partial charge in [-0.15, -0.1) is 0 Å². The van der Waals surface area contributed by atoms with Gasteiger partial charge in [0.25, 0.3) is 0 Å². The molecular weight excluding hydrogens is 260 g/mol. The van der Waals surface area contributed by atoms with Crippen molar-refractivity contribution >= 4 is 11.5 Å². The Kier molecular flexibility index (Phi) is 5.00. The molecule has 1 atom stereocenters. The molecule has 0 aromatic carbocycles. The lowest BCUT2D eigenvalue weighted by Crippen LogP contribution is -2.35. The van der Waals surface area contributed by atoms with Gasteiger partial charge in [0.1, 0.15) is 6.07 Å². The highest BCUT2D eigenvalue weighted by atomic mass is 16.6. The number of rotatable bonds is 6. The summed E-state index contributed by atoms with van der Waals surface area (Å²) in [5.74, 6) is 0.355. The zero-order valence-corrected chi connectivity index (χ0v) is 11.8. The minimum Gasteiger partial charge on any atom is -0.388 e. The van der Waals surface area contributed by atoms with Gasteiger partial charge in [-0.2, -0.15) is 5.26 Å². The standard InChI is InChI=1S/C13H18N4O3/c1-9(2)5-13(3,18)8-16-12-11(17(19)20)4-10(6-14)7-15-12/h4,7,9,18H,5,8H2,1-3H3,(H,15,16). The third-order valence-corrected chi connectivity index (χ3v) is 2.68. The van der Waals surface area contributed by atoms with Gasteiger partial charge in [-0.05, 0) is 19.3 Å². The molecule has 0 saturated heterocycles. The van der Waals surface area contributed by atoms with Crippen LogP contribution in [0.4, 0.5) is 11.5 Å². The molecule has 0 amide bonds. The van der Waals surface area contributed by atoms with Gasteiger partial charge < -0.3 is 10.4 Å². The smallest absolute Gasteiger partial charge is 0.312 e. The van der Waals surface area contributed by atoms with Crippen LogP contribution in [0, 0.1) is 27.4 Å². The average Bonchev–Trinajstić information content (AvgIpc) is 2.34. The Hall–Kier alpha value is -2.20. The Labute approximate surface area is 117 Å². The van der Waals surface area contributed by atoms with Crippen LogP contribution in [0.5, 0.6) is 0 Å². The first-order valence-corrected chi connectivity index (χ1v) is 6.26. The van der Waals surface area contributed by atoms with Crippen LogP contribution in [0.15, 0.2) is 12.3 Å². The van der Waals surface area contributed by atoms with Gasteiger partial charge in [0, 0.05) is 18.8 Å². The highest BCUT2D eigenvalue weighted by Crippen LogP contribution is 2.24. The molecule has 0 spiro atoms. The maximum atomic E-state index is 10.9. The number of nitro groups is 1. The Bertz CT molecular complexity index is 535. The lowest BCUT2D eigenvalue weighted by molar-refractivity contribution is -0.384. The van der Waals surface area contributed by atoms with Crippen LogP contribution in [0.3, 0.4) is 0 Å². The first kappa shape index (κ1) is 15.9. The Morgan fingerprint density at radius 1 is 1.65 bits per heavy atom. The number of nitrogens with zero attached hydrogens (tertiary/aromatic N) is 3. The minimum absolute atomic E-state index is 0.0537. The molecule has 0 aliphatic carbocycles. The molecule has 1 aromatic heterocycles. The first-order chi connectivity index (χ1) is 9.25. The van der Waals surface area contributed by atoms with E-state index in [1.54, 1.807) is 13.0 Å². The quantitative estimate of drug-likeness (QED) is 0.608. The number of nitriles is 1. The third-order valence-electron chi connectivity index (χ3n) is 2.68. The van der Waals surface area contributed by atoms with Crippen molar-refractivity contribution < 1.29 is 10.0 Å². The topological polar surface area (TPSA) is 112 Å². The van der Waals surface area contributed by atoms with Gasteiger partial charge in [0.05, 0.1) is 16.1 Å². The second-order valence-corrected chi connectivity index (χ2v) is 5.41. The molecule has 1 heterocycles. The van der Waals surface area contributed by atoms with Crippen molar-refractivity contribution in [2.75, 3.05) is 11.9 Å². The second kappa shape index (κ2) is 6.30. The maximum Gasteiger partial charge on any atom is 0.312 e. The van der Waals surface area contributed by atoms with Crippen LogP contribution < -0.4 is 5.32 Å². The fourth-order valence-corrected chi connectivity index (χ4v) is 2.02. The summed E-state index contributed by atoms with van der Waals surface area (Å²) in [6, 6.07) is 2.96. The van der Waals surface area contributed by atoms with E-state index < -0.39 is 10.5 Å². The molecule has 1 unspecified atom stereocenters. The number of hydrogen-bond donors (Lipinski definition) is 2. The van der Waals surface area contributed by atoms with Crippen molar-refractivity contribution in [2.24, 2.45) is 5.92 Å². The molecule has 7 nitrogen and oxygen atoms in total. The SMILES string of the molecule is CC(C)CC(C)(O)CNc1ncc(C#N)cc1[N+](=O)[O-]. The predicted octanol–water partition coefficient (Wildman–Crippen LogP) is 2.07. The molecule has 0 aliphatic heterocycles. The van der Waals surface area contributed by atoms with Crippen molar-refractivity contribution in [1.82, 2.24) is 4.98 Å². The summed E-state index contributed by atoms with van der Waals surface area (Å²) in [6.45, 7) is 5.77. The van der Waals surface area contributed by atoms with Crippen molar-refractivity contribution in [3.05, 3.63) is 27.9 Å². The Morgan fingerprint density at radius 2 is 2.30 bits per heavy atom. The number of aliphatic hydroxyl groups is 1. The monoisotopic (exact) mass is 278 g/mol. The first-order valence-electron chi connectivity index (χ1n) is 6.26. The van der Waals surface area contributed by atoms with Gasteiger partial charge in [0.2, 0.25) is 5.82 Å². The van der Waals surface area contributed by atoms with Crippen LogP contribution in [0.1, 0.15) is 32.8 Å². The molecule has 0 aliphatic rings. The third kappa shape index (κ3) is 4.48. The zero-order chi connectivity index (χ0) is 15.3. The minimum atomic E-state index is -0.988. The lowest BCUT2D eigenvalue weighted by Gasteiger charge is -2.25. The van der Waals surface area contributed by atoms with Crippen LogP contribution in [-0.2, 0) is 0 Å². The number of aromatic nitrogens is 1. The van der Waals surface area contributed by atoms with Crippen LogP contribution in [-0.4, -0.2) is 27.2 Å². The molecule has 0 bridgehead atoms. The van der Waals surface area contributed by atoms with E-state index in [4.69, 9.17) is 5.26 Å². The van der Waals surface area contributed by atoms with Gasteiger partial charge in [-0.1, -0.05) is 13.8 Å². The summed E-state index contributed by atoms with van der Waals surface area (Å²) >= 11 is 0. The summed E-state index contributed by atoms with van der Waals surface area (Å²) in [6.07, 6.45) is 1.82. The molecule has 0 radical (unpaired) electrons. The van der Waals surface area contributed by atoms with E-state index in [0.29, 0.717) is 12.3 Å². The van der Waals surface area contributed by atoms with Crippen LogP contribution in [0.2, 0.25) is 0 Å². The van der Waals surface area contributed by atoms with Crippen molar-refractivity contribution in [3.63, 3.8) is 0 Å². The highest BCUT2D eigenvalue weighted by molar-refractivity contribution is 5.58. The lowest BCUT2D eigenvalue weighted by atomic mass is 9.94.